The second kappa shape index (κ2) is 5.44. The van der Waals surface area contributed by atoms with Crippen LogP contribution in [0.2, 0.25) is 0 Å². The largest absolute Gasteiger partial charge is 0.102 e. The van der Waals surface area contributed by atoms with Crippen LogP contribution in [0.25, 0.3) is 11.1 Å². The van der Waals surface area contributed by atoms with E-state index in [1.54, 1.807) is 0 Å². The van der Waals surface area contributed by atoms with Crippen molar-refractivity contribution in [2.24, 2.45) is 0 Å². The van der Waals surface area contributed by atoms with E-state index in [-0.39, 0.29) is 0 Å². The van der Waals surface area contributed by atoms with E-state index in [2.05, 4.69) is 70.7 Å². The standard InChI is InChI=1S/C19H22/c1-6-13(2)19-15(4)10-8-12-18(19)17-11-7-9-14(3)16(17)5/h6-13H,1H2,2-5H3. The lowest BCUT2D eigenvalue weighted by Gasteiger charge is -2.18. The molecule has 1 atom stereocenters. The molecule has 0 saturated carbocycles. The zero-order valence-corrected chi connectivity index (χ0v) is 12.3. The van der Waals surface area contributed by atoms with Crippen molar-refractivity contribution in [2.75, 3.05) is 0 Å². The Hall–Kier alpha value is -1.82. The van der Waals surface area contributed by atoms with Crippen LogP contribution in [-0.4, -0.2) is 0 Å². The van der Waals surface area contributed by atoms with Crippen molar-refractivity contribution in [2.45, 2.75) is 33.6 Å². The second-order valence-electron chi connectivity index (χ2n) is 5.31. The molecule has 0 saturated heterocycles. The lowest BCUT2D eigenvalue weighted by molar-refractivity contribution is 0.958. The van der Waals surface area contributed by atoms with E-state index in [9.17, 15) is 0 Å². The summed E-state index contributed by atoms with van der Waals surface area (Å²) in [5.41, 5.74) is 8.12. The van der Waals surface area contributed by atoms with Crippen LogP contribution in [0.15, 0.2) is 49.1 Å². The average Bonchev–Trinajstić information content (AvgIpc) is 2.41. The van der Waals surface area contributed by atoms with Gasteiger partial charge in [-0.1, -0.05) is 49.4 Å². The molecule has 0 bridgehead atoms. The van der Waals surface area contributed by atoms with Gasteiger partial charge in [0.2, 0.25) is 0 Å². The number of rotatable bonds is 3. The first-order valence-electron chi connectivity index (χ1n) is 6.85. The van der Waals surface area contributed by atoms with E-state index < -0.39 is 0 Å². The maximum absolute atomic E-state index is 3.95. The summed E-state index contributed by atoms with van der Waals surface area (Å²) in [4.78, 5) is 0. The van der Waals surface area contributed by atoms with Gasteiger partial charge in [0.25, 0.3) is 0 Å². The van der Waals surface area contributed by atoms with Gasteiger partial charge in [-0.05, 0) is 60.1 Å². The average molecular weight is 250 g/mol. The van der Waals surface area contributed by atoms with Crippen molar-refractivity contribution in [3.05, 3.63) is 71.3 Å². The van der Waals surface area contributed by atoms with Crippen LogP contribution in [0.5, 0.6) is 0 Å². The Morgan fingerprint density at radius 3 is 2.11 bits per heavy atom. The Kier molecular flexibility index (Phi) is 3.90. The van der Waals surface area contributed by atoms with E-state index in [0.717, 1.165) is 0 Å². The minimum atomic E-state index is 0.371. The van der Waals surface area contributed by atoms with Gasteiger partial charge in [-0.2, -0.15) is 0 Å². The molecule has 0 aliphatic carbocycles. The fourth-order valence-electron chi connectivity index (χ4n) is 2.68. The third-order valence-corrected chi connectivity index (χ3v) is 4.03. The highest BCUT2D eigenvalue weighted by molar-refractivity contribution is 5.73. The second-order valence-corrected chi connectivity index (χ2v) is 5.31. The van der Waals surface area contributed by atoms with Crippen LogP contribution >= 0.6 is 0 Å². The number of hydrogen-bond donors (Lipinski definition) is 0. The van der Waals surface area contributed by atoms with Crippen molar-refractivity contribution in [3.8, 4) is 11.1 Å². The molecule has 0 amide bonds. The molecule has 0 radical (unpaired) electrons. The summed E-state index contributed by atoms with van der Waals surface area (Å²) in [6.07, 6.45) is 2.02. The third-order valence-electron chi connectivity index (χ3n) is 4.03. The first-order chi connectivity index (χ1) is 9.06. The lowest BCUT2D eigenvalue weighted by Crippen LogP contribution is -1.98. The molecule has 0 heteroatoms. The van der Waals surface area contributed by atoms with E-state index in [4.69, 9.17) is 0 Å². The molecule has 98 valence electrons. The van der Waals surface area contributed by atoms with Crippen molar-refractivity contribution in [1.82, 2.24) is 0 Å². The lowest BCUT2D eigenvalue weighted by atomic mass is 9.86. The molecule has 0 spiro atoms. The van der Waals surface area contributed by atoms with Crippen molar-refractivity contribution < 1.29 is 0 Å². The van der Waals surface area contributed by atoms with Crippen molar-refractivity contribution >= 4 is 0 Å². The van der Waals surface area contributed by atoms with Crippen molar-refractivity contribution in [1.29, 1.82) is 0 Å². The molecule has 19 heavy (non-hydrogen) atoms. The summed E-state index contributed by atoms with van der Waals surface area (Å²) >= 11 is 0. The van der Waals surface area contributed by atoms with Crippen LogP contribution in [0.3, 0.4) is 0 Å². The van der Waals surface area contributed by atoms with Gasteiger partial charge in [-0.15, -0.1) is 6.58 Å². The topological polar surface area (TPSA) is 0 Å². The molecule has 0 nitrogen and oxygen atoms in total. The zero-order chi connectivity index (χ0) is 14.0. The molecule has 1 unspecified atom stereocenters. The number of allylic oxidation sites excluding steroid dienone is 1. The van der Waals surface area contributed by atoms with Crippen LogP contribution in [0.4, 0.5) is 0 Å². The molecule has 0 aromatic heterocycles. The van der Waals surface area contributed by atoms with Gasteiger partial charge in [0.05, 0.1) is 0 Å². The summed E-state index contributed by atoms with van der Waals surface area (Å²) in [6, 6.07) is 13.1. The first kappa shape index (κ1) is 13.6. The summed E-state index contributed by atoms with van der Waals surface area (Å²) in [5.74, 6) is 0.371. The highest BCUT2D eigenvalue weighted by Crippen LogP contribution is 2.34. The van der Waals surface area contributed by atoms with E-state index in [1.165, 1.54) is 33.4 Å². The Balaban J connectivity index is 2.72. The Bertz CT molecular complexity index is 605. The molecule has 0 N–H and O–H groups in total. The van der Waals surface area contributed by atoms with Gasteiger partial charge in [-0.25, -0.2) is 0 Å². The first-order valence-corrected chi connectivity index (χ1v) is 6.85. The predicted octanol–water partition coefficient (Wildman–Crippen LogP) is 5.57. The number of benzene rings is 2. The number of hydrogen-bond acceptors (Lipinski definition) is 0. The summed E-state index contributed by atoms with van der Waals surface area (Å²) in [6.45, 7) is 12.7. The Labute approximate surface area is 116 Å². The minimum absolute atomic E-state index is 0.371. The Morgan fingerprint density at radius 1 is 0.895 bits per heavy atom. The maximum Gasteiger partial charge on any atom is -0.000434 e. The fourth-order valence-corrected chi connectivity index (χ4v) is 2.68. The monoisotopic (exact) mass is 250 g/mol. The Morgan fingerprint density at radius 2 is 1.47 bits per heavy atom. The van der Waals surface area contributed by atoms with E-state index in [0.29, 0.717) is 5.92 Å². The minimum Gasteiger partial charge on any atom is -0.102 e. The quantitative estimate of drug-likeness (QED) is 0.625. The molecule has 2 aromatic rings. The molecule has 2 rings (SSSR count). The summed E-state index contributed by atoms with van der Waals surface area (Å²) < 4.78 is 0. The van der Waals surface area contributed by atoms with Crippen LogP contribution in [0.1, 0.15) is 35.1 Å². The molecule has 0 aliphatic heterocycles. The zero-order valence-electron chi connectivity index (χ0n) is 12.3. The molecule has 0 fully saturated rings. The SMILES string of the molecule is C=CC(C)c1c(C)cccc1-c1cccc(C)c1C. The normalized spacial score (nSPS) is 12.2. The molecule has 0 aliphatic rings. The highest BCUT2D eigenvalue weighted by atomic mass is 14.2. The molecule has 0 heterocycles. The highest BCUT2D eigenvalue weighted by Gasteiger charge is 2.13. The van der Waals surface area contributed by atoms with Gasteiger partial charge < -0.3 is 0 Å². The maximum atomic E-state index is 3.95. The van der Waals surface area contributed by atoms with Gasteiger partial charge in [0.15, 0.2) is 0 Å². The van der Waals surface area contributed by atoms with Crippen LogP contribution in [-0.2, 0) is 0 Å². The van der Waals surface area contributed by atoms with Gasteiger partial charge in [0, 0.05) is 0 Å². The van der Waals surface area contributed by atoms with Crippen molar-refractivity contribution in [3.63, 3.8) is 0 Å². The van der Waals surface area contributed by atoms with Crippen LogP contribution < -0.4 is 0 Å². The van der Waals surface area contributed by atoms with E-state index >= 15 is 0 Å². The molecular formula is C19H22. The fraction of sp³-hybridized carbons (Fsp3) is 0.263. The molecular weight excluding hydrogens is 228 g/mol. The van der Waals surface area contributed by atoms with Gasteiger partial charge in [0.1, 0.15) is 0 Å². The summed E-state index contributed by atoms with van der Waals surface area (Å²) in [7, 11) is 0. The smallest absolute Gasteiger partial charge is 0.000434 e. The third kappa shape index (κ3) is 2.49. The van der Waals surface area contributed by atoms with Crippen LogP contribution in [0, 0.1) is 20.8 Å². The van der Waals surface area contributed by atoms with E-state index in [1.807, 2.05) is 6.08 Å². The molecule has 2 aromatic carbocycles. The summed E-state index contributed by atoms with van der Waals surface area (Å²) in [5, 5.41) is 0. The van der Waals surface area contributed by atoms with Gasteiger partial charge in [-0.3, -0.25) is 0 Å². The van der Waals surface area contributed by atoms with Gasteiger partial charge >= 0.3 is 0 Å². The number of aryl methyl sites for hydroxylation is 2. The predicted molar refractivity (Wildman–Crippen MR) is 84.7 cm³/mol.